The normalized spacial score (nSPS) is 16.7. The second-order valence-corrected chi connectivity index (χ2v) is 7.72. The average Bonchev–Trinajstić information content (AvgIpc) is 3.20. The van der Waals surface area contributed by atoms with Crippen molar-refractivity contribution in [3.8, 4) is 11.5 Å². The number of rotatable bonds is 8. The molecule has 0 radical (unpaired) electrons. The van der Waals surface area contributed by atoms with Gasteiger partial charge in [0.05, 0.1) is 32.2 Å². The molecule has 0 saturated carbocycles. The van der Waals surface area contributed by atoms with Crippen LogP contribution in [0, 0.1) is 0 Å². The van der Waals surface area contributed by atoms with Crippen molar-refractivity contribution in [1.82, 2.24) is 4.98 Å². The predicted molar refractivity (Wildman–Crippen MR) is 102 cm³/mol. The first-order valence-electron chi connectivity index (χ1n) is 8.58. The summed E-state index contributed by atoms with van der Waals surface area (Å²) in [4.78, 5) is 4.23. The van der Waals surface area contributed by atoms with Crippen molar-refractivity contribution >= 4 is 21.5 Å². The summed E-state index contributed by atoms with van der Waals surface area (Å²) in [6.07, 6.45) is 3.77. The van der Waals surface area contributed by atoms with Crippen molar-refractivity contribution < 1.29 is 22.6 Å². The van der Waals surface area contributed by atoms with E-state index in [0.717, 1.165) is 19.4 Å². The van der Waals surface area contributed by atoms with Crippen molar-refractivity contribution in [1.29, 1.82) is 0 Å². The molecule has 1 saturated heterocycles. The molecular formula is C18H23N3O5S. The van der Waals surface area contributed by atoms with Gasteiger partial charge in [-0.2, -0.15) is 0 Å². The first-order valence-corrected chi connectivity index (χ1v) is 10.1. The molecule has 1 aliphatic heterocycles. The minimum atomic E-state index is -3.86. The van der Waals surface area contributed by atoms with Gasteiger partial charge in [-0.1, -0.05) is 0 Å². The van der Waals surface area contributed by atoms with Gasteiger partial charge >= 0.3 is 0 Å². The van der Waals surface area contributed by atoms with Gasteiger partial charge in [0.1, 0.15) is 22.2 Å². The van der Waals surface area contributed by atoms with Gasteiger partial charge in [-0.05, 0) is 37.1 Å². The van der Waals surface area contributed by atoms with Crippen LogP contribution in [-0.4, -0.2) is 46.9 Å². The first kappa shape index (κ1) is 19.2. The Morgan fingerprint density at radius 2 is 2.07 bits per heavy atom. The summed E-state index contributed by atoms with van der Waals surface area (Å²) in [5.74, 6) is 1.31. The molecule has 1 aromatic heterocycles. The van der Waals surface area contributed by atoms with E-state index in [2.05, 4.69) is 15.0 Å². The second-order valence-electron chi connectivity index (χ2n) is 6.07. The van der Waals surface area contributed by atoms with E-state index in [9.17, 15) is 8.42 Å². The minimum absolute atomic E-state index is 0.00932. The number of methoxy groups -OCH3 is 2. The number of aromatic nitrogens is 1. The summed E-state index contributed by atoms with van der Waals surface area (Å²) >= 11 is 0. The van der Waals surface area contributed by atoms with Crippen LogP contribution < -0.4 is 19.5 Å². The number of anilines is 2. The Hall–Kier alpha value is -2.52. The molecule has 1 unspecified atom stereocenters. The molecule has 2 aromatic rings. The van der Waals surface area contributed by atoms with Gasteiger partial charge in [0, 0.05) is 19.2 Å². The van der Waals surface area contributed by atoms with Crippen LogP contribution in [0.2, 0.25) is 0 Å². The van der Waals surface area contributed by atoms with Gasteiger partial charge < -0.3 is 19.5 Å². The second kappa shape index (κ2) is 8.45. The highest BCUT2D eigenvalue weighted by atomic mass is 32.2. The van der Waals surface area contributed by atoms with E-state index in [1.54, 1.807) is 24.3 Å². The van der Waals surface area contributed by atoms with Gasteiger partial charge in [-0.15, -0.1) is 0 Å². The number of nitrogens with zero attached hydrogens (tertiary/aromatic N) is 1. The van der Waals surface area contributed by atoms with Crippen molar-refractivity contribution in [2.24, 2.45) is 0 Å². The van der Waals surface area contributed by atoms with E-state index in [1.807, 2.05) is 0 Å². The maximum absolute atomic E-state index is 12.7. The van der Waals surface area contributed by atoms with E-state index in [1.165, 1.54) is 26.5 Å². The number of sulfonamides is 1. The molecule has 146 valence electrons. The maximum Gasteiger partial charge on any atom is 0.265 e. The zero-order chi connectivity index (χ0) is 19.3. The third kappa shape index (κ3) is 4.81. The third-order valence-corrected chi connectivity index (χ3v) is 5.61. The highest BCUT2D eigenvalue weighted by molar-refractivity contribution is 7.92. The molecule has 2 heterocycles. The van der Waals surface area contributed by atoms with Gasteiger partial charge in [-0.3, -0.25) is 4.72 Å². The standard InChI is InChI=1S/C18H23N3O5S/c1-24-14-6-7-16(25-2)17(10-14)27(22,23)21-13-5-8-18(19-11-13)20-12-15-4-3-9-26-15/h5-8,10-11,15,21H,3-4,9,12H2,1-2H3,(H,19,20). The lowest BCUT2D eigenvalue weighted by Gasteiger charge is -2.14. The number of ether oxygens (including phenoxy) is 3. The Balaban J connectivity index is 1.70. The van der Waals surface area contributed by atoms with Gasteiger partial charge in [0.15, 0.2) is 0 Å². The monoisotopic (exact) mass is 393 g/mol. The molecule has 3 rings (SSSR count). The quantitative estimate of drug-likeness (QED) is 0.711. The van der Waals surface area contributed by atoms with Gasteiger partial charge in [0.25, 0.3) is 10.0 Å². The van der Waals surface area contributed by atoms with Crippen LogP contribution in [0.3, 0.4) is 0 Å². The summed E-state index contributed by atoms with van der Waals surface area (Å²) in [5.41, 5.74) is 0.350. The summed E-state index contributed by atoms with van der Waals surface area (Å²) in [7, 11) is -0.979. The minimum Gasteiger partial charge on any atom is -0.497 e. The van der Waals surface area contributed by atoms with Crippen molar-refractivity contribution in [3.05, 3.63) is 36.5 Å². The summed E-state index contributed by atoms with van der Waals surface area (Å²) in [5, 5.41) is 3.19. The summed E-state index contributed by atoms with van der Waals surface area (Å²) in [6.45, 7) is 1.48. The first-order chi connectivity index (χ1) is 13.0. The average molecular weight is 393 g/mol. The highest BCUT2D eigenvalue weighted by Gasteiger charge is 2.21. The molecular weight excluding hydrogens is 370 g/mol. The van der Waals surface area contributed by atoms with Crippen LogP contribution >= 0.6 is 0 Å². The number of pyridine rings is 1. The molecule has 2 N–H and O–H groups in total. The molecule has 0 aliphatic carbocycles. The maximum atomic E-state index is 12.7. The molecule has 0 bridgehead atoms. The number of benzene rings is 1. The molecule has 1 aliphatic rings. The van der Waals surface area contributed by atoms with Crippen molar-refractivity contribution in [2.45, 2.75) is 23.8 Å². The lowest BCUT2D eigenvalue weighted by Crippen LogP contribution is -2.19. The molecule has 1 aromatic carbocycles. The highest BCUT2D eigenvalue weighted by Crippen LogP contribution is 2.29. The lowest BCUT2D eigenvalue weighted by molar-refractivity contribution is 0.120. The fourth-order valence-corrected chi connectivity index (χ4v) is 4.02. The fourth-order valence-electron chi connectivity index (χ4n) is 2.79. The SMILES string of the molecule is COc1ccc(OC)c(S(=O)(=O)Nc2ccc(NCC3CCCO3)nc2)c1. The van der Waals surface area contributed by atoms with E-state index < -0.39 is 10.0 Å². The number of hydrogen-bond donors (Lipinski definition) is 2. The lowest BCUT2D eigenvalue weighted by atomic mass is 10.2. The van der Waals surface area contributed by atoms with Crippen molar-refractivity contribution in [2.75, 3.05) is 37.4 Å². The molecule has 9 heteroatoms. The molecule has 1 fully saturated rings. The predicted octanol–water partition coefficient (Wildman–Crippen LogP) is 2.49. The van der Waals surface area contributed by atoms with Gasteiger partial charge in [-0.25, -0.2) is 13.4 Å². The van der Waals surface area contributed by atoms with Gasteiger partial charge in [0.2, 0.25) is 0 Å². The Kier molecular flexibility index (Phi) is 6.02. The Morgan fingerprint density at radius 3 is 2.70 bits per heavy atom. The largest absolute Gasteiger partial charge is 0.497 e. The summed E-state index contributed by atoms with van der Waals surface area (Å²) in [6, 6.07) is 7.95. The van der Waals surface area contributed by atoms with Crippen LogP contribution in [0.25, 0.3) is 0 Å². The molecule has 0 spiro atoms. The zero-order valence-electron chi connectivity index (χ0n) is 15.3. The Bertz CT molecular complexity index is 865. The van der Waals surface area contributed by atoms with Crippen LogP contribution in [-0.2, 0) is 14.8 Å². The fraction of sp³-hybridized carbons (Fsp3) is 0.389. The van der Waals surface area contributed by atoms with E-state index in [4.69, 9.17) is 14.2 Å². The molecule has 1 atom stereocenters. The zero-order valence-corrected chi connectivity index (χ0v) is 16.1. The molecule has 0 amide bonds. The smallest absolute Gasteiger partial charge is 0.265 e. The van der Waals surface area contributed by atoms with Crippen molar-refractivity contribution in [3.63, 3.8) is 0 Å². The van der Waals surface area contributed by atoms with E-state index >= 15 is 0 Å². The van der Waals surface area contributed by atoms with Crippen LogP contribution in [0.4, 0.5) is 11.5 Å². The van der Waals surface area contributed by atoms with Crippen LogP contribution in [0.1, 0.15) is 12.8 Å². The van der Waals surface area contributed by atoms with Crippen LogP contribution in [0.15, 0.2) is 41.4 Å². The van der Waals surface area contributed by atoms with Crippen LogP contribution in [0.5, 0.6) is 11.5 Å². The molecule has 27 heavy (non-hydrogen) atoms. The summed E-state index contributed by atoms with van der Waals surface area (Å²) < 4.78 is 43.8. The van der Waals surface area contributed by atoms with E-state index in [-0.39, 0.29) is 16.7 Å². The van der Waals surface area contributed by atoms with E-state index in [0.29, 0.717) is 23.8 Å². The number of nitrogens with one attached hydrogen (secondary N) is 2. The number of hydrogen-bond acceptors (Lipinski definition) is 7. The Morgan fingerprint density at radius 1 is 1.22 bits per heavy atom. The Labute approximate surface area is 158 Å². The third-order valence-electron chi connectivity index (χ3n) is 4.21. The molecule has 8 nitrogen and oxygen atoms in total. The topological polar surface area (TPSA) is 98.8 Å².